The Kier molecular flexibility index (Phi) is 3.55. The summed E-state index contributed by atoms with van der Waals surface area (Å²) < 4.78 is 1.89. The van der Waals surface area contributed by atoms with Gasteiger partial charge in [0.25, 0.3) is 5.91 Å². The lowest BCUT2D eigenvalue weighted by molar-refractivity contribution is 0.0495. The predicted molar refractivity (Wildman–Crippen MR) is 94.4 cm³/mol. The zero-order valence-corrected chi connectivity index (χ0v) is 14.8. The Morgan fingerprint density at radius 1 is 1.08 bits per heavy atom. The van der Waals surface area contributed by atoms with Crippen molar-refractivity contribution in [2.75, 3.05) is 26.2 Å². The van der Waals surface area contributed by atoms with Gasteiger partial charge >= 0.3 is 0 Å². The molecule has 1 amide bonds. The molecule has 6 heteroatoms. The maximum Gasteiger partial charge on any atom is 0.255 e. The summed E-state index contributed by atoms with van der Waals surface area (Å²) in [5.74, 6) is 2.84. The molecule has 0 aromatic carbocycles. The summed E-state index contributed by atoms with van der Waals surface area (Å²) in [5.41, 5.74) is 1.51. The van der Waals surface area contributed by atoms with Crippen LogP contribution in [0.5, 0.6) is 0 Å². The van der Waals surface area contributed by atoms with E-state index in [-0.39, 0.29) is 5.91 Å². The molecular weight excluding hydrogens is 314 g/mol. The number of carbonyl (C=O) groups is 1. The van der Waals surface area contributed by atoms with Crippen molar-refractivity contribution < 1.29 is 4.79 Å². The van der Waals surface area contributed by atoms with Crippen molar-refractivity contribution in [2.45, 2.75) is 38.6 Å². The van der Waals surface area contributed by atoms with E-state index < -0.39 is 0 Å². The van der Waals surface area contributed by atoms with E-state index in [9.17, 15) is 4.79 Å². The van der Waals surface area contributed by atoms with Crippen molar-refractivity contribution in [1.29, 1.82) is 0 Å². The smallest absolute Gasteiger partial charge is 0.255 e. The molecule has 3 fully saturated rings. The first-order chi connectivity index (χ1) is 12.2. The number of aromatic nitrogens is 3. The number of piperazine rings is 1. The van der Waals surface area contributed by atoms with Crippen LogP contribution in [-0.4, -0.2) is 62.5 Å². The van der Waals surface area contributed by atoms with Crippen molar-refractivity contribution in [3.05, 3.63) is 29.7 Å². The van der Waals surface area contributed by atoms with Crippen LogP contribution in [0.2, 0.25) is 0 Å². The molecular formula is C19H25N5O. The molecule has 0 unspecified atom stereocenters. The minimum atomic E-state index is 0.127. The van der Waals surface area contributed by atoms with Gasteiger partial charge in [0, 0.05) is 38.4 Å². The summed E-state index contributed by atoms with van der Waals surface area (Å²) in [7, 11) is 0. The molecule has 2 aromatic rings. The standard InChI is InChI=1S/C19H25N5O/c1-13-20-21-18-5-4-16(12-24(13)18)19(25)23-8-6-22(7-9-23)17-11-14-2-3-15(17)10-14/h4-5,12,14-15,17H,2-3,6-11H2,1H3/t14-,15-,17-/m0/s1. The van der Waals surface area contributed by atoms with Crippen LogP contribution >= 0.6 is 0 Å². The molecule has 2 aromatic heterocycles. The molecule has 132 valence electrons. The highest BCUT2D eigenvalue weighted by Gasteiger charge is 2.42. The van der Waals surface area contributed by atoms with Crippen molar-refractivity contribution in [1.82, 2.24) is 24.4 Å². The summed E-state index contributed by atoms with van der Waals surface area (Å²) in [4.78, 5) is 17.5. The van der Waals surface area contributed by atoms with Gasteiger partial charge in [-0.2, -0.15) is 0 Å². The van der Waals surface area contributed by atoms with Gasteiger partial charge in [-0.3, -0.25) is 14.1 Å². The topological polar surface area (TPSA) is 53.7 Å². The first-order valence-corrected chi connectivity index (χ1v) is 9.54. The first kappa shape index (κ1) is 15.3. The van der Waals surface area contributed by atoms with Crippen molar-refractivity contribution in [3.63, 3.8) is 0 Å². The monoisotopic (exact) mass is 339 g/mol. The highest BCUT2D eigenvalue weighted by Crippen LogP contribution is 2.46. The second kappa shape index (κ2) is 5.80. The molecule has 2 bridgehead atoms. The summed E-state index contributed by atoms with van der Waals surface area (Å²) in [5, 5.41) is 8.15. The van der Waals surface area contributed by atoms with Gasteiger partial charge in [-0.15, -0.1) is 10.2 Å². The van der Waals surface area contributed by atoms with E-state index in [0.29, 0.717) is 0 Å². The van der Waals surface area contributed by atoms with E-state index >= 15 is 0 Å². The van der Waals surface area contributed by atoms with Crippen LogP contribution in [-0.2, 0) is 0 Å². The minimum Gasteiger partial charge on any atom is -0.336 e. The molecule has 6 nitrogen and oxygen atoms in total. The molecule has 3 heterocycles. The summed E-state index contributed by atoms with van der Waals surface area (Å²) in [6.07, 6.45) is 7.58. The fourth-order valence-electron chi connectivity index (χ4n) is 5.23. The predicted octanol–water partition coefficient (Wildman–Crippen LogP) is 1.98. The first-order valence-electron chi connectivity index (χ1n) is 9.54. The van der Waals surface area contributed by atoms with E-state index in [4.69, 9.17) is 0 Å². The number of hydrogen-bond donors (Lipinski definition) is 0. The van der Waals surface area contributed by atoms with Gasteiger partial charge in [0.15, 0.2) is 5.65 Å². The summed E-state index contributed by atoms with van der Waals surface area (Å²) in [6.45, 7) is 5.63. The van der Waals surface area contributed by atoms with Crippen LogP contribution in [0.1, 0.15) is 41.9 Å². The maximum atomic E-state index is 12.9. The molecule has 25 heavy (non-hydrogen) atoms. The Bertz CT molecular complexity index is 807. The van der Waals surface area contributed by atoms with Crippen molar-refractivity contribution in [3.8, 4) is 0 Å². The summed E-state index contributed by atoms with van der Waals surface area (Å²) in [6, 6.07) is 4.53. The molecule has 1 aliphatic heterocycles. The van der Waals surface area contributed by atoms with E-state index in [1.807, 2.05) is 34.6 Å². The Hall–Kier alpha value is -1.95. The number of hydrogen-bond acceptors (Lipinski definition) is 4. The average molecular weight is 339 g/mol. The normalized spacial score (nSPS) is 29.6. The molecule has 1 saturated heterocycles. The molecule has 3 atom stereocenters. The van der Waals surface area contributed by atoms with E-state index in [0.717, 1.165) is 61.1 Å². The number of fused-ring (bicyclic) bond motifs is 3. The Morgan fingerprint density at radius 2 is 1.92 bits per heavy atom. The molecule has 0 N–H and O–H groups in total. The number of aryl methyl sites for hydroxylation is 1. The average Bonchev–Trinajstić information content (AvgIpc) is 3.37. The van der Waals surface area contributed by atoms with Crippen LogP contribution in [0, 0.1) is 18.8 Å². The second-order valence-corrected chi connectivity index (χ2v) is 7.96. The van der Waals surface area contributed by atoms with Gasteiger partial charge in [0.1, 0.15) is 5.82 Å². The van der Waals surface area contributed by atoms with E-state index in [2.05, 4.69) is 15.1 Å². The van der Waals surface area contributed by atoms with Crippen LogP contribution in [0.3, 0.4) is 0 Å². The molecule has 3 aliphatic rings. The molecule has 0 spiro atoms. The highest BCUT2D eigenvalue weighted by atomic mass is 16.2. The number of carbonyl (C=O) groups excluding carboxylic acids is 1. The molecule has 0 radical (unpaired) electrons. The molecule has 2 aliphatic carbocycles. The molecule has 2 saturated carbocycles. The third-order valence-electron chi connectivity index (χ3n) is 6.59. The quantitative estimate of drug-likeness (QED) is 0.840. The third kappa shape index (κ3) is 2.54. The van der Waals surface area contributed by atoms with E-state index in [1.54, 1.807) is 0 Å². The fourth-order valence-corrected chi connectivity index (χ4v) is 5.23. The van der Waals surface area contributed by atoms with Gasteiger partial charge in [-0.1, -0.05) is 6.42 Å². The Morgan fingerprint density at radius 3 is 2.64 bits per heavy atom. The van der Waals surface area contributed by atoms with Gasteiger partial charge < -0.3 is 4.90 Å². The highest BCUT2D eigenvalue weighted by molar-refractivity contribution is 5.94. The van der Waals surface area contributed by atoms with Gasteiger partial charge in [-0.05, 0) is 50.2 Å². The number of rotatable bonds is 2. The fraction of sp³-hybridized carbons (Fsp3) is 0.632. The molecule has 5 rings (SSSR count). The van der Waals surface area contributed by atoms with Gasteiger partial charge in [0.05, 0.1) is 5.56 Å². The lowest BCUT2D eigenvalue weighted by Crippen LogP contribution is -2.53. The maximum absolute atomic E-state index is 12.9. The largest absolute Gasteiger partial charge is 0.336 e. The number of nitrogens with zero attached hydrogens (tertiary/aromatic N) is 5. The SMILES string of the molecule is Cc1nnc2ccc(C(=O)N3CCN([C@H]4C[C@H]5CC[C@H]4C5)CC3)cn12. The number of amides is 1. The summed E-state index contributed by atoms with van der Waals surface area (Å²) >= 11 is 0. The Labute approximate surface area is 147 Å². The minimum absolute atomic E-state index is 0.127. The zero-order valence-electron chi connectivity index (χ0n) is 14.8. The van der Waals surface area contributed by atoms with Gasteiger partial charge in [0.2, 0.25) is 0 Å². The number of pyridine rings is 1. The van der Waals surface area contributed by atoms with Crippen LogP contribution < -0.4 is 0 Å². The van der Waals surface area contributed by atoms with Gasteiger partial charge in [-0.25, -0.2) is 0 Å². The third-order valence-corrected chi connectivity index (χ3v) is 6.59. The lowest BCUT2D eigenvalue weighted by atomic mass is 9.93. The Balaban J connectivity index is 1.26. The van der Waals surface area contributed by atoms with Crippen LogP contribution in [0.15, 0.2) is 18.3 Å². The van der Waals surface area contributed by atoms with Crippen LogP contribution in [0.25, 0.3) is 5.65 Å². The van der Waals surface area contributed by atoms with Crippen molar-refractivity contribution in [2.24, 2.45) is 11.8 Å². The van der Waals surface area contributed by atoms with Crippen LogP contribution in [0.4, 0.5) is 0 Å². The second-order valence-electron chi connectivity index (χ2n) is 7.96. The van der Waals surface area contributed by atoms with E-state index in [1.165, 1.54) is 25.7 Å². The lowest BCUT2D eigenvalue weighted by Gasteiger charge is -2.41. The zero-order chi connectivity index (χ0) is 17.0. The van der Waals surface area contributed by atoms with Crippen molar-refractivity contribution >= 4 is 11.6 Å².